The Morgan fingerprint density at radius 1 is 1.10 bits per heavy atom. The predicted octanol–water partition coefficient (Wildman–Crippen LogP) is 0.712. The Labute approximate surface area is 181 Å². The van der Waals surface area contributed by atoms with Crippen molar-refractivity contribution in [2.24, 2.45) is 0 Å². The SMILES string of the molecule is O=[S+][C@@H]1C[C@@H](C(=O)O)N(C(=O)CNC(=O)c2ccc3c(c2)-c2ccccc2S3(=O)=O)C1. The number of hydrogen-bond acceptors (Lipinski definition) is 6. The van der Waals surface area contributed by atoms with E-state index in [4.69, 9.17) is 0 Å². The van der Waals surface area contributed by atoms with Gasteiger partial charge < -0.3 is 15.3 Å². The first-order valence-electron chi connectivity index (χ1n) is 9.31. The fourth-order valence-electron chi connectivity index (χ4n) is 3.89. The molecule has 11 heteroatoms. The second-order valence-electron chi connectivity index (χ2n) is 7.25. The molecule has 2 heterocycles. The van der Waals surface area contributed by atoms with Crippen molar-refractivity contribution in [3.63, 3.8) is 0 Å². The average molecular weight is 461 g/mol. The molecule has 2 atom stereocenters. The standard InChI is InChI=1S/C20H16N2O7S2/c23-18(22-10-12(30-27)8-15(22)20(25)26)9-21-19(24)11-5-6-17-14(7-11)13-3-1-2-4-16(13)31(17,28)29/h1-7,12,15H,8-10H2,(H-,21,24,25,26)/p+1/t12-,15+/m1/s1. The Hall–Kier alpha value is -3.18. The highest BCUT2D eigenvalue weighted by atomic mass is 32.2. The van der Waals surface area contributed by atoms with Crippen LogP contribution in [0, 0.1) is 0 Å². The summed E-state index contributed by atoms with van der Waals surface area (Å²) in [7, 11) is -3.64. The van der Waals surface area contributed by atoms with Gasteiger partial charge in [-0.1, -0.05) is 18.2 Å². The van der Waals surface area contributed by atoms with Crippen molar-refractivity contribution in [2.75, 3.05) is 13.1 Å². The molecule has 2 aliphatic heterocycles. The first kappa shape index (κ1) is 21.1. The molecule has 2 aromatic rings. The number of sulfone groups is 1. The summed E-state index contributed by atoms with van der Waals surface area (Å²) < 4.78 is 36.3. The average Bonchev–Trinajstić information content (AvgIpc) is 3.30. The number of carboxylic acid groups (broad SMARTS) is 1. The van der Waals surface area contributed by atoms with E-state index in [0.29, 0.717) is 11.1 Å². The van der Waals surface area contributed by atoms with Gasteiger partial charge in [0, 0.05) is 27.3 Å². The summed E-state index contributed by atoms with van der Waals surface area (Å²) in [5.74, 6) is -2.40. The number of benzene rings is 2. The fraction of sp³-hybridized carbons (Fsp3) is 0.250. The van der Waals surface area contributed by atoms with Crippen LogP contribution in [0.3, 0.4) is 0 Å². The van der Waals surface area contributed by atoms with Crippen LogP contribution in [0.15, 0.2) is 52.3 Å². The van der Waals surface area contributed by atoms with Gasteiger partial charge in [-0.05, 0) is 24.3 Å². The molecule has 0 aromatic heterocycles. The van der Waals surface area contributed by atoms with Crippen LogP contribution in [-0.2, 0) is 35.3 Å². The lowest BCUT2D eigenvalue weighted by Gasteiger charge is -2.20. The number of fused-ring (bicyclic) bond motifs is 3. The molecule has 4 rings (SSSR count). The van der Waals surface area contributed by atoms with Gasteiger partial charge in [-0.2, -0.15) is 0 Å². The smallest absolute Gasteiger partial charge is 0.464 e. The molecule has 160 valence electrons. The van der Waals surface area contributed by atoms with Gasteiger partial charge in [0.15, 0.2) is 0 Å². The number of amides is 2. The molecule has 2 aromatic carbocycles. The molecule has 0 radical (unpaired) electrons. The van der Waals surface area contributed by atoms with Crippen LogP contribution in [-0.4, -0.2) is 60.6 Å². The summed E-state index contributed by atoms with van der Waals surface area (Å²) in [5.41, 5.74) is 1.09. The van der Waals surface area contributed by atoms with Crippen LogP contribution in [0.5, 0.6) is 0 Å². The Bertz CT molecular complexity index is 1230. The van der Waals surface area contributed by atoms with E-state index < -0.39 is 45.5 Å². The van der Waals surface area contributed by atoms with Crippen molar-refractivity contribution in [3.05, 3.63) is 48.0 Å². The first-order chi connectivity index (χ1) is 14.7. The molecule has 2 amide bonds. The molecule has 0 spiro atoms. The lowest BCUT2D eigenvalue weighted by Crippen LogP contribution is -2.45. The van der Waals surface area contributed by atoms with Crippen molar-refractivity contribution in [2.45, 2.75) is 27.5 Å². The zero-order valence-electron chi connectivity index (χ0n) is 16.0. The van der Waals surface area contributed by atoms with Crippen molar-refractivity contribution >= 4 is 39.3 Å². The van der Waals surface area contributed by atoms with Gasteiger partial charge in [-0.25, -0.2) is 13.2 Å². The lowest BCUT2D eigenvalue weighted by molar-refractivity contribution is -0.147. The van der Waals surface area contributed by atoms with Gasteiger partial charge in [0.1, 0.15) is 6.04 Å². The summed E-state index contributed by atoms with van der Waals surface area (Å²) in [6, 6.07) is 9.58. The van der Waals surface area contributed by atoms with E-state index in [1.165, 1.54) is 24.3 Å². The van der Waals surface area contributed by atoms with Gasteiger partial charge in [0.25, 0.3) is 11.2 Å². The third-order valence-electron chi connectivity index (χ3n) is 5.40. The summed E-state index contributed by atoms with van der Waals surface area (Å²) in [4.78, 5) is 37.8. The largest absolute Gasteiger partial charge is 0.480 e. The molecule has 2 aliphatic rings. The highest BCUT2D eigenvalue weighted by Gasteiger charge is 2.45. The molecular weight excluding hydrogens is 444 g/mol. The second kappa shape index (κ2) is 7.82. The van der Waals surface area contributed by atoms with Gasteiger partial charge >= 0.3 is 17.6 Å². The molecule has 0 bridgehead atoms. The summed E-state index contributed by atoms with van der Waals surface area (Å²) >= 11 is 0.258. The number of nitrogens with zero attached hydrogens (tertiary/aromatic N) is 1. The topological polar surface area (TPSA) is 138 Å². The maximum Gasteiger partial charge on any atom is 0.464 e. The van der Waals surface area contributed by atoms with E-state index in [1.807, 2.05) is 0 Å². The summed E-state index contributed by atoms with van der Waals surface area (Å²) in [6.07, 6.45) is 0.0574. The number of aliphatic carboxylic acids is 1. The highest BCUT2D eigenvalue weighted by molar-refractivity contribution is 7.92. The third kappa shape index (κ3) is 3.59. The predicted molar refractivity (Wildman–Crippen MR) is 109 cm³/mol. The Morgan fingerprint density at radius 2 is 1.81 bits per heavy atom. The zero-order valence-corrected chi connectivity index (χ0v) is 17.6. The molecule has 9 nitrogen and oxygen atoms in total. The fourth-order valence-corrected chi connectivity index (χ4v) is 6.04. The minimum absolute atomic E-state index is 0.00727. The van der Waals surface area contributed by atoms with Crippen molar-refractivity contribution < 1.29 is 32.1 Å². The van der Waals surface area contributed by atoms with E-state index >= 15 is 0 Å². The van der Waals surface area contributed by atoms with Gasteiger partial charge in [-0.15, -0.1) is 0 Å². The van der Waals surface area contributed by atoms with Crippen LogP contribution >= 0.6 is 0 Å². The van der Waals surface area contributed by atoms with Crippen LogP contribution in [0.4, 0.5) is 0 Å². The maximum atomic E-state index is 12.6. The van der Waals surface area contributed by atoms with E-state index in [-0.39, 0.29) is 40.0 Å². The molecule has 1 fully saturated rings. The Balaban J connectivity index is 1.51. The molecule has 0 unspecified atom stereocenters. The monoisotopic (exact) mass is 461 g/mol. The number of carbonyl (C=O) groups excluding carboxylic acids is 2. The summed E-state index contributed by atoms with van der Waals surface area (Å²) in [6.45, 7) is -0.432. The van der Waals surface area contributed by atoms with E-state index in [1.54, 1.807) is 18.2 Å². The Morgan fingerprint density at radius 3 is 2.52 bits per heavy atom. The minimum atomic E-state index is -3.64. The number of likely N-dealkylation sites (tertiary alicyclic amines) is 1. The van der Waals surface area contributed by atoms with Crippen LogP contribution < -0.4 is 5.32 Å². The van der Waals surface area contributed by atoms with Crippen LogP contribution in [0.25, 0.3) is 11.1 Å². The third-order valence-corrected chi connectivity index (χ3v) is 7.89. The van der Waals surface area contributed by atoms with Crippen LogP contribution in [0.1, 0.15) is 16.8 Å². The van der Waals surface area contributed by atoms with Crippen molar-refractivity contribution in [1.29, 1.82) is 0 Å². The van der Waals surface area contributed by atoms with Crippen LogP contribution in [0.2, 0.25) is 0 Å². The number of carboxylic acids is 1. The maximum absolute atomic E-state index is 12.6. The van der Waals surface area contributed by atoms with E-state index in [0.717, 1.165) is 4.90 Å². The second-order valence-corrected chi connectivity index (χ2v) is 9.99. The zero-order chi connectivity index (χ0) is 22.3. The molecule has 1 saturated heterocycles. The molecule has 0 saturated carbocycles. The number of rotatable bonds is 5. The van der Waals surface area contributed by atoms with E-state index in [9.17, 15) is 32.1 Å². The molecule has 0 aliphatic carbocycles. The number of hydrogen-bond donors (Lipinski definition) is 2. The van der Waals surface area contributed by atoms with Crippen molar-refractivity contribution in [3.8, 4) is 11.1 Å². The van der Waals surface area contributed by atoms with Gasteiger partial charge in [0.05, 0.1) is 22.9 Å². The normalized spacial score (nSPS) is 20.6. The number of nitrogens with one attached hydrogen (secondary N) is 1. The Kier molecular flexibility index (Phi) is 5.31. The highest BCUT2D eigenvalue weighted by Crippen LogP contribution is 2.43. The quantitative estimate of drug-likeness (QED) is 0.534. The molecule has 31 heavy (non-hydrogen) atoms. The van der Waals surface area contributed by atoms with Gasteiger partial charge in [0.2, 0.25) is 15.7 Å². The van der Waals surface area contributed by atoms with Gasteiger partial charge in [-0.3, -0.25) is 9.59 Å². The lowest BCUT2D eigenvalue weighted by atomic mass is 10.0. The number of carbonyl (C=O) groups is 3. The minimum Gasteiger partial charge on any atom is -0.480 e. The first-order valence-corrected chi connectivity index (χ1v) is 11.6. The summed E-state index contributed by atoms with van der Waals surface area (Å²) in [5, 5.41) is 11.2. The van der Waals surface area contributed by atoms with Crippen molar-refractivity contribution in [1.82, 2.24) is 10.2 Å². The molecule has 2 N–H and O–H groups in total. The van der Waals surface area contributed by atoms with E-state index in [2.05, 4.69) is 5.32 Å². The molecular formula is C20H17N2O7S2+.